The summed E-state index contributed by atoms with van der Waals surface area (Å²) in [5.41, 5.74) is -0.667. The number of carbonyl (C=O) groups is 1. The summed E-state index contributed by atoms with van der Waals surface area (Å²) in [4.78, 5) is 19.6. The molecule has 0 saturated carbocycles. The van der Waals surface area contributed by atoms with Crippen LogP contribution in [0.3, 0.4) is 0 Å². The fourth-order valence-electron chi connectivity index (χ4n) is 0.861. The van der Waals surface area contributed by atoms with Crippen LogP contribution in [0.1, 0.15) is 0 Å². The van der Waals surface area contributed by atoms with E-state index >= 15 is 0 Å². The first kappa shape index (κ1) is 9.78. The molecule has 0 spiro atoms. The summed E-state index contributed by atoms with van der Waals surface area (Å²) in [6.45, 7) is 0. The zero-order valence-corrected chi connectivity index (χ0v) is 6.76. The Bertz CT molecular complexity index is 390. The Morgan fingerprint density at radius 1 is 1.50 bits per heavy atom. The van der Waals surface area contributed by atoms with Gasteiger partial charge in [0.2, 0.25) is 0 Å². The first-order valence-corrected chi connectivity index (χ1v) is 3.46. The van der Waals surface area contributed by atoms with E-state index in [9.17, 15) is 20.0 Å². The summed E-state index contributed by atoms with van der Waals surface area (Å²) in [7, 11) is 0. The van der Waals surface area contributed by atoms with Crippen molar-refractivity contribution in [2.45, 2.75) is 0 Å². The van der Waals surface area contributed by atoms with Gasteiger partial charge < -0.3 is 10.2 Å². The lowest BCUT2D eigenvalue weighted by Gasteiger charge is -2.07. The molecule has 2 N–H and O–H groups in total. The Kier molecular flexibility index (Phi) is 2.52. The minimum Gasteiger partial charge on any atom is -0.868 e. The second-order valence-corrected chi connectivity index (χ2v) is 2.37. The molecule has 0 fully saturated rings. The normalized spacial score (nSPS) is 9.43. The number of amides is 1. The molecule has 14 heavy (non-hydrogen) atoms. The van der Waals surface area contributed by atoms with Crippen LogP contribution in [0, 0.1) is 10.1 Å². The van der Waals surface area contributed by atoms with Crippen LogP contribution >= 0.6 is 0 Å². The first-order valence-electron chi connectivity index (χ1n) is 3.46. The highest BCUT2D eigenvalue weighted by Gasteiger charge is 2.08. The average Bonchev–Trinajstić information content (AvgIpc) is 2.07. The second-order valence-electron chi connectivity index (χ2n) is 2.37. The van der Waals surface area contributed by atoms with Gasteiger partial charge in [-0.25, -0.2) is 4.79 Å². The maximum atomic E-state index is 10.9. The number of nitrogens with one attached hydrogen (secondary N) is 1. The summed E-state index contributed by atoms with van der Waals surface area (Å²) in [6.07, 6.45) is -1.35. The van der Waals surface area contributed by atoms with Gasteiger partial charge in [-0.15, -0.1) is 0 Å². The van der Waals surface area contributed by atoms with Crippen molar-refractivity contribution >= 4 is 17.5 Å². The van der Waals surface area contributed by atoms with E-state index in [4.69, 9.17) is 5.11 Å². The van der Waals surface area contributed by atoms with Gasteiger partial charge in [0.1, 0.15) is 0 Å². The van der Waals surface area contributed by atoms with Gasteiger partial charge in [-0.2, -0.15) is 0 Å². The molecule has 0 aliphatic carbocycles. The number of rotatable bonds is 2. The van der Waals surface area contributed by atoms with Gasteiger partial charge >= 0.3 is 6.09 Å². The van der Waals surface area contributed by atoms with Crippen LogP contribution in [-0.2, 0) is 0 Å². The van der Waals surface area contributed by atoms with Gasteiger partial charge in [0, 0.05) is 6.07 Å². The van der Waals surface area contributed by atoms with Crippen molar-refractivity contribution in [1.82, 2.24) is 0 Å². The van der Waals surface area contributed by atoms with Crippen LogP contribution in [-0.4, -0.2) is 16.1 Å². The summed E-state index contributed by atoms with van der Waals surface area (Å²) in [5.74, 6) is -0.758. The lowest BCUT2D eigenvalue weighted by Crippen LogP contribution is -2.08. The van der Waals surface area contributed by atoms with Crippen LogP contribution in [0.15, 0.2) is 18.2 Å². The summed E-state index contributed by atoms with van der Waals surface area (Å²) in [5, 5.41) is 31.4. The van der Waals surface area contributed by atoms with Crippen LogP contribution in [0.2, 0.25) is 0 Å². The second kappa shape index (κ2) is 3.60. The van der Waals surface area contributed by atoms with E-state index in [1.165, 1.54) is 0 Å². The maximum Gasteiger partial charge on any atom is 0.409 e. The van der Waals surface area contributed by atoms with E-state index in [0.29, 0.717) is 0 Å². The number of nitrogens with zero attached hydrogens (tertiary/aromatic N) is 1. The molecule has 1 rings (SSSR count). The molecule has 0 saturated heterocycles. The molecule has 7 heteroatoms. The minimum absolute atomic E-state index is 0.0104. The quantitative estimate of drug-likeness (QED) is 0.536. The topological polar surface area (TPSA) is 116 Å². The van der Waals surface area contributed by atoms with Crippen molar-refractivity contribution < 1.29 is 19.9 Å². The van der Waals surface area contributed by atoms with E-state index < -0.39 is 22.5 Å². The fraction of sp³-hybridized carbons (Fsp3) is 0. The molecule has 0 aromatic heterocycles. The third-order valence-corrected chi connectivity index (χ3v) is 1.41. The Hall–Kier alpha value is -2.31. The van der Waals surface area contributed by atoms with E-state index in [1.54, 1.807) is 0 Å². The van der Waals surface area contributed by atoms with Crippen molar-refractivity contribution in [3.05, 3.63) is 28.3 Å². The number of anilines is 1. The lowest BCUT2D eigenvalue weighted by molar-refractivity contribution is -0.398. The van der Waals surface area contributed by atoms with E-state index in [1.807, 2.05) is 5.32 Å². The highest BCUT2D eigenvalue weighted by molar-refractivity contribution is 5.83. The highest BCUT2D eigenvalue weighted by Crippen LogP contribution is 2.26. The zero-order valence-electron chi connectivity index (χ0n) is 6.76. The summed E-state index contributed by atoms with van der Waals surface area (Å²) >= 11 is 0. The molecule has 74 valence electrons. The maximum absolute atomic E-state index is 10.9. The van der Waals surface area contributed by atoms with Gasteiger partial charge in [-0.3, -0.25) is 15.4 Å². The molecule has 0 bridgehead atoms. The predicted octanol–water partition coefficient (Wildman–Crippen LogP) is 0.758. The largest absolute Gasteiger partial charge is 0.868 e. The first-order chi connectivity index (χ1) is 6.50. The molecule has 1 aromatic carbocycles. The SMILES string of the molecule is O=C(O)Nc1ccc([O-])c([N+](=O)[O-])c1. The smallest absolute Gasteiger partial charge is 0.409 e. The fourth-order valence-corrected chi connectivity index (χ4v) is 0.861. The van der Waals surface area contributed by atoms with Gasteiger partial charge in [0.15, 0.2) is 0 Å². The van der Waals surface area contributed by atoms with Crippen molar-refractivity contribution in [2.24, 2.45) is 0 Å². The van der Waals surface area contributed by atoms with E-state index in [0.717, 1.165) is 18.2 Å². The van der Waals surface area contributed by atoms with Crippen LogP contribution < -0.4 is 10.4 Å². The number of nitro groups is 1. The third-order valence-electron chi connectivity index (χ3n) is 1.41. The third kappa shape index (κ3) is 2.09. The summed E-state index contributed by atoms with van der Waals surface area (Å²) in [6, 6.07) is 2.96. The molecule has 0 heterocycles. The Morgan fingerprint density at radius 2 is 2.14 bits per heavy atom. The Labute approximate surface area is 77.7 Å². The molecule has 0 aliphatic rings. The number of hydrogen-bond donors (Lipinski definition) is 2. The van der Waals surface area contributed by atoms with Gasteiger partial charge in [-0.1, -0.05) is 6.07 Å². The standard InChI is InChI=1S/C7H6N2O5/c10-6-2-1-4(8-7(11)12)3-5(6)9(13)14/h1-3,8,10H,(H,11,12)/p-1. The van der Waals surface area contributed by atoms with Crippen molar-refractivity contribution in [2.75, 3.05) is 5.32 Å². The molecule has 0 unspecified atom stereocenters. The molecule has 0 radical (unpaired) electrons. The van der Waals surface area contributed by atoms with Gasteiger partial charge in [-0.05, 0) is 11.8 Å². The van der Waals surface area contributed by atoms with Crippen molar-refractivity contribution in [3.63, 3.8) is 0 Å². The average molecular weight is 197 g/mol. The zero-order chi connectivity index (χ0) is 10.7. The Morgan fingerprint density at radius 3 is 2.64 bits per heavy atom. The number of hydrogen-bond acceptors (Lipinski definition) is 4. The van der Waals surface area contributed by atoms with Crippen molar-refractivity contribution in [1.29, 1.82) is 0 Å². The monoisotopic (exact) mass is 197 g/mol. The van der Waals surface area contributed by atoms with E-state index in [2.05, 4.69) is 0 Å². The lowest BCUT2D eigenvalue weighted by atomic mass is 10.2. The van der Waals surface area contributed by atoms with Crippen LogP contribution in [0.5, 0.6) is 5.75 Å². The molecule has 0 aliphatic heterocycles. The number of nitro benzene ring substituents is 1. The molecule has 0 atom stereocenters. The molecule has 1 amide bonds. The molecule has 7 nitrogen and oxygen atoms in total. The van der Waals surface area contributed by atoms with Crippen LogP contribution in [0.25, 0.3) is 0 Å². The Balaban J connectivity index is 3.06. The summed E-state index contributed by atoms with van der Waals surface area (Å²) < 4.78 is 0. The minimum atomic E-state index is -1.35. The molecular weight excluding hydrogens is 192 g/mol. The highest BCUT2D eigenvalue weighted by atomic mass is 16.6. The van der Waals surface area contributed by atoms with Gasteiger partial charge in [0.05, 0.1) is 10.6 Å². The van der Waals surface area contributed by atoms with Crippen LogP contribution in [0.4, 0.5) is 16.2 Å². The molecular formula is C7H5N2O5-. The van der Waals surface area contributed by atoms with Crippen molar-refractivity contribution in [3.8, 4) is 5.75 Å². The van der Waals surface area contributed by atoms with Gasteiger partial charge in [0.25, 0.3) is 5.69 Å². The molecule has 1 aromatic rings. The van der Waals surface area contributed by atoms with E-state index in [-0.39, 0.29) is 5.69 Å². The number of carboxylic acid groups (broad SMARTS) is 1. The number of benzene rings is 1. The predicted molar refractivity (Wildman–Crippen MR) is 44.2 cm³/mol.